The molecule has 0 fully saturated rings. The molecule has 0 radical (unpaired) electrons. The van der Waals surface area contributed by atoms with Gasteiger partial charge in [0.15, 0.2) is 5.82 Å². The van der Waals surface area contributed by atoms with Crippen LogP contribution in [0.4, 0.5) is 11.5 Å². The molecule has 0 saturated heterocycles. The highest BCUT2D eigenvalue weighted by Crippen LogP contribution is 2.28. The molecule has 0 spiro atoms. The molecule has 2 aromatic rings. The number of halogens is 1. The first kappa shape index (κ1) is 11.1. The van der Waals surface area contributed by atoms with E-state index in [-0.39, 0.29) is 0 Å². The van der Waals surface area contributed by atoms with Crippen molar-refractivity contribution in [2.24, 2.45) is 0 Å². The zero-order chi connectivity index (χ0) is 11.5. The summed E-state index contributed by atoms with van der Waals surface area (Å²) < 4.78 is 0.949. The van der Waals surface area contributed by atoms with Gasteiger partial charge in [-0.05, 0) is 35.0 Å². The SMILES string of the molecule is Cc1nc(Nc2ccccc2Br)c(C#N)s1. The van der Waals surface area contributed by atoms with E-state index in [1.807, 2.05) is 31.2 Å². The Morgan fingerprint density at radius 2 is 2.19 bits per heavy atom. The summed E-state index contributed by atoms with van der Waals surface area (Å²) in [6.45, 7) is 1.89. The fraction of sp³-hybridized carbons (Fsp3) is 0.0909. The topological polar surface area (TPSA) is 48.7 Å². The van der Waals surface area contributed by atoms with Crippen molar-refractivity contribution in [3.05, 3.63) is 38.6 Å². The van der Waals surface area contributed by atoms with Crippen LogP contribution in [0.3, 0.4) is 0 Å². The fourth-order valence-corrected chi connectivity index (χ4v) is 2.33. The summed E-state index contributed by atoms with van der Waals surface area (Å²) in [4.78, 5) is 4.89. The van der Waals surface area contributed by atoms with E-state index in [1.165, 1.54) is 11.3 Å². The zero-order valence-electron chi connectivity index (χ0n) is 8.49. The Morgan fingerprint density at radius 1 is 1.44 bits per heavy atom. The average Bonchev–Trinajstić information content (AvgIpc) is 2.62. The highest BCUT2D eigenvalue weighted by Gasteiger charge is 2.09. The number of rotatable bonds is 2. The Bertz CT molecular complexity index is 557. The van der Waals surface area contributed by atoms with Crippen LogP contribution in [-0.2, 0) is 0 Å². The maximum absolute atomic E-state index is 8.95. The minimum Gasteiger partial charge on any atom is -0.337 e. The van der Waals surface area contributed by atoms with E-state index in [0.717, 1.165) is 15.2 Å². The zero-order valence-corrected chi connectivity index (χ0v) is 10.9. The summed E-state index contributed by atoms with van der Waals surface area (Å²) >= 11 is 4.83. The number of hydrogen-bond donors (Lipinski definition) is 1. The summed E-state index contributed by atoms with van der Waals surface area (Å²) in [5.74, 6) is 0.622. The average molecular weight is 294 g/mol. The Balaban J connectivity index is 2.35. The molecule has 0 amide bonds. The lowest BCUT2D eigenvalue weighted by molar-refractivity contribution is 1.28. The molecule has 0 aliphatic carbocycles. The summed E-state index contributed by atoms with van der Waals surface area (Å²) in [7, 11) is 0. The molecule has 0 atom stereocenters. The molecule has 16 heavy (non-hydrogen) atoms. The number of aryl methyl sites for hydroxylation is 1. The molecule has 0 unspecified atom stereocenters. The molecule has 0 bridgehead atoms. The van der Waals surface area contributed by atoms with Crippen LogP contribution in [0, 0.1) is 18.3 Å². The van der Waals surface area contributed by atoms with Crippen LogP contribution >= 0.6 is 27.3 Å². The van der Waals surface area contributed by atoms with Crippen molar-refractivity contribution in [1.82, 2.24) is 4.98 Å². The quantitative estimate of drug-likeness (QED) is 0.915. The summed E-state index contributed by atoms with van der Waals surface area (Å²) in [6, 6.07) is 9.87. The van der Waals surface area contributed by atoms with Gasteiger partial charge in [0.1, 0.15) is 10.9 Å². The molecular formula is C11H8BrN3S. The van der Waals surface area contributed by atoms with E-state index in [1.54, 1.807) is 0 Å². The van der Waals surface area contributed by atoms with Crippen molar-refractivity contribution < 1.29 is 0 Å². The molecule has 1 aromatic carbocycles. The highest BCUT2D eigenvalue weighted by molar-refractivity contribution is 9.10. The van der Waals surface area contributed by atoms with Crippen LogP contribution in [-0.4, -0.2) is 4.98 Å². The van der Waals surface area contributed by atoms with Crippen LogP contribution in [0.15, 0.2) is 28.7 Å². The van der Waals surface area contributed by atoms with E-state index in [9.17, 15) is 0 Å². The Hall–Kier alpha value is -1.38. The molecule has 5 heteroatoms. The molecule has 2 rings (SSSR count). The van der Waals surface area contributed by atoms with Crippen LogP contribution in [0.5, 0.6) is 0 Å². The van der Waals surface area contributed by atoms with E-state index in [2.05, 4.69) is 32.3 Å². The van der Waals surface area contributed by atoms with Crippen molar-refractivity contribution in [1.29, 1.82) is 5.26 Å². The van der Waals surface area contributed by atoms with Crippen LogP contribution in [0.2, 0.25) is 0 Å². The number of hydrogen-bond acceptors (Lipinski definition) is 4. The predicted molar refractivity (Wildman–Crippen MR) is 69.0 cm³/mol. The van der Waals surface area contributed by atoms with Gasteiger partial charge in [-0.3, -0.25) is 0 Å². The van der Waals surface area contributed by atoms with Crippen molar-refractivity contribution in [2.75, 3.05) is 5.32 Å². The number of nitriles is 1. The molecular weight excluding hydrogens is 286 g/mol. The minimum atomic E-state index is 0.605. The number of aromatic nitrogens is 1. The van der Waals surface area contributed by atoms with E-state index >= 15 is 0 Å². The predicted octanol–water partition coefficient (Wildman–Crippen LogP) is 3.83. The molecule has 1 N–H and O–H groups in total. The van der Waals surface area contributed by atoms with Gasteiger partial charge >= 0.3 is 0 Å². The summed E-state index contributed by atoms with van der Waals surface area (Å²) in [6.07, 6.45) is 0. The van der Waals surface area contributed by atoms with E-state index in [0.29, 0.717) is 10.7 Å². The Labute approximate surface area is 106 Å². The third kappa shape index (κ3) is 2.23. The maximum Gasteiger partial charge on any atom is 0.159 e. The number of thiazole rings is 1. The second kappa shape index (κ2) is 4.64. The van der Waals surface area contributed by atoms with Gasteiger partial charge in [0, 0.05) is 4.47 Å². The van der Waals surface area contributed by atoms with Gasteiger partial charge in [-0.15, -0.1) is 11.3 Å². The summed E-state index contributed by atoms with van der Waals surface area (Å²) in [5, 5.41) is 13.0. The Kier molecular flexibility index (Phi) is 3.22. The third-order valence-corrected chi connectivity index (χ3v) is 3.53. The lowest BCUT2D eigenvalue weighted by Gasteiger charge is -2.05. The van der Waals surface area contributed by atoms with Crippen LogP contribution in [0.25, 0.3) is 0 Å². The standard InChI is InChI=1S/C11H8BrN3S/c1-7-14-11(10(6-13)16-7)15-9-5-3-2-4-8(9)12/h2-5,15H,1H3. The second-order valence-electron chi connectivity index (χ2n) is 3.13. The lowest BCUT2D eigenvalue weighted by Crippen LogP contribution is -1.93. The van der Waals surface area contributed by atoms with Gasteiger partial charge in [0.25, 0.3) is 0 Å². The molecule has 3 nitrogen and oxygen atoms in total. The van der Waals surface area contributed by atoms with Gasteiger partial charge in [-0.25, -0.2) is 4.98 Å². The van der Waals surface area contributed by atoms with E-state index in [4.69, 9.17) is 5.26 Å². The van der Waals surface area contributed by atoms with Gasteiger partial charge < -0.3 is 5.32 Å². The second-order valence-corrected chi connectivity index (χ2v) is 5.18. The first-order valence-corrected chi connectivity index (χ1v) is 6.20. The van der Waals surface area contributed by atoms with Crippen molar-refractivity contribution in [2.45, 2.75) is 6.92 Å². The third-order valence-electron chi connectivity index (χ3n) is 1.96. The molecule has 1 aromatic heterocycles. The maximum atomic E-state index is 8.95. The first-order valence-electron chi connectivity index (χ1n) is 4.60. The van der Waals surface area contributed by atoms with Gasteiger partial charge in [-0.2, -0.15) is 5.26 Å². The Morgan fingerprint density at radius 3 is 2.88 bits per heavy atom. The fourth-order valence-electron chi connectivity index (χ4n) is 1.28. The normalized spacial score (nSPS) is 9.81. The van der Waals surface area contributed by atoms with Gasteiger partial charge in [0.05, 0.1) is 10.7 Å². The minimum absolute atomic E-state index is 0.605. The van der Waals surface area contributed by atoms with Crippen molar-refractivity contribution in [3.8, 4) is 6.07 Å². The lowest BCUT2D eigenvalue weighted by atomic mass is 10.3. The number of nitrogens with one attached hydrogen (secondary N) is 1. The number of anilines is 2. The van der Waals surface area contributed by atoms with E-state index < -0.39 is 0 Å². The van der Waals surface area contributed by atoms with Gasteiger partial charge in [-0.1, -0.05) is 12.1 Å². The van der Waals surface area contributed by atoms with Crippen molar-refractivity contribution >= 4 is 38.8 Å². The van der Waals surface area contributed by atoms with Crippen molar-refractivity contribution in [3.63, 3.8) is 0 Å². The molecule has 80 valence electrons. The highest BCUT2D eigenvalue weighted by atomic mass is 79.9. The van der Waals surface area contributed by atoms with Crippen LogP contribution in [0.1, 0.15) is 9.88 Å². The van der Waals surface area contributed by atoms with Gasteiger partial charge in [0.2, 0.25) is 0 Å². The van der Waals surface area contributed by atoms with Crippen LogP contribution < -0.4 is 5.32 Å². The smallest absolute Gasteiger partial charge is 0.159 e. The largest absolute Gasteiger partial charge is 0.337 e. The molecule has 0 aliphatic rings. The number of nitrogens with zero attached hydrogens (tertiary/aromatic N) is 2. The molecule has 0 aliphatic heterocycles. The molecule has 0 saturated carbocycles. The molecule has 1 heterocycles. The number of benzene rings is 1. The summed E-state index contributed by atoms with van der Waals surface area (Å²) in [5.41, 5.74) is 0.907. The first-order chi connectivity index (χ1) is 7.70. The monoisotopic (exact) mass is 293 g/mol. The number of para-hydroxylation sites is 1.